The van der Waals surface area contributed by atoms with Gasteiger partial charge < -0.3 is 15.5 Å². The van der Waals surface area contributed by atoms with Gasteiger partial charge in [0.2, 0.25) is 11.8 Å². The zero-order valence-electron chi connectivity index (χ0n) is 12.9. The zero-order valence-corrected chi connectivity index (χ0v) is 12.9. The first-order valence-corrected chi connectivity index (χ1v) is 7.88. The number of carbonyl (C=O) groups is 2. The average molecular weight is 305 g/mol. The highest BCUT2D eigenvalue weighted by molar-refractivity contribution is 5.98. The number of aromatic nitrogens is 2. The van der Waals surface area contributed by atoms with E-state index in [1.807, 2.05) is 13.2 Å². The van der Waals surface area contributed by atoms with Crippen LogP contribution in [0.2, 0.25) is 0 Å². The van der Waals surface area contributed by atoms with Crippen LogP contribution in [0.25, 0.3) is 0 Å². The van der Waals surface area contributed by atoms with Crippen LogP contribution in [0.3, 0.4) is 0 Å². The first-order valence-electron chi connectivity index (χ1n) is 7.88. The molecule has 7 nitrogen and oxygen atoms in total. The molecule has 2 heterocycles. The Bertz CT molecular complexity index is 570. The molecule has 1 aromatic rings. The minimum atomic E-state index is -0.0464. The van der Waals surface area contributed by atoms with Gasteiger partial charge in [0.1, 0.15) is 6.54 Å². The van der Waals surface area contributed by atoms with Crippen molar-refractivity contribution in [3.63, 3.8) is 0 Å². The summed E-state index contributed by atoms with van der Waals surface area (Å²) in [6, 6.07) is 0. The van der Waals surface area contributed by atoms with Crippen molar-refractivity contribution in [3.05, 3.63) is 12.4 Å². The van der Waals surface area contributed by atoms with Gasteiger partial charge in [0.05, 0.1) is 11.9 Å². The summed E-state index contributed by atoms with van der Waals surface area (Å²) < 4.78 is 1.67. The smallest absolute Gasteiger partial charge is 0.246 e. The summed E-state index contributed by atoms with van der Waals surface area (Å²) >= 11 is 0. The van der Waals surface area contributed by atoms with Gasteiger partial charge in [-0.05, 0) is 25.3 Å². The van der Waals surface area contributed by atoms with Crippen LogP contribution in [0.4, 0.5) is 5.69 Å². The zero-order chi connectivity index (χ0) is 15.7. The summed E-state index contributed by atoms with van der Waals surface area (Å²) in [5.74, 6) is 0.337. The second-order valence-corrected chi connectivity index (χ2v) is 6.21. The van der Waals surface area contributed by atoms with Gasteiger partial charge >= 0.3 is 0 Å². The highest BCUT2D eigenvalue weighted by atomic mass is 16.2. The van der Waals surface area contributed by atoms with Crippen LogP contribution in [0.15, 0.2) is 12.4 Å². The number of aryl methyl sites for hydroxylation is 1. The van der Waals surface area contributed by atoms with Crippen LogP contribution in [-0.2, 0) is 16.6 Å². The molecule has 1 aliphatic carbocycles. The predicted octanol–water partition coefficient (Wildman–Crippen LogP) is -0.0297. The maximum atomic E-state index is 12.6. The molecule has 3 rings (SSSR count). The van der Waals surface area contributed by atoms with Gasteiger partial charge in [-0.3, -0.25) is 14.3 Å². The van der Waals surface area contributed by atoms with E-state index in [4.69, 9.17) is 5.73 Å². The number of rotatable bonds is 3. The Morgan fingerprint density at radius 1 is 1.41 bits per heavy atom. The van der Waals surface area contributed by atoms with Crippen LogP contribution >= 0.6 is 0 Å². The molecule has 1 aromatic heterocycles. The molecule has 0 aromatic carbocycles. The van der Waals surface area contributed by atoms with Crippen molar-refractivity contribution < 1.29 is 9.59 Å². The molecule has 0 spiro atoms. The minimum Gasteiger partial charge on any atom is -0.331 e. The molecule has 0 bridgehead atoms. The van der Waals surface area contributed by atoms with Crippen molar-refractivity contribution >= 4 is 17.5 Å². The molecular formula is C15H23N5O2. The maximum absolute atomic E-state index is 12.6. The second-order valence-electron chi connectivity index (χ2n) is 6.21. The Hall–Kier alpha value is -1.89. The largest absolute Gasteiger partial charge is 0.331 e. The van der Waals surface area contributed by atoms with Gasteiger partial charge in [-0.2, -0.15) is 5.10 Å². The van der Waals surface area contributed by atoms with E-state index in [2.05, 4.69) is 5.10 Å². The topological polar surface area (TPSA) is 84.5 Å². The van der Waals surface area contributed by atoms with Gasteiger partial charge in [-0.25, -0.2) is 0 Å². The number of piperazine rings is 1. The number of hydrogen-bond donors (Lipinski definition) is 1. The van der Waals surface area contributed by atoms with E-state index in [0.29, 0.717) is 19.6 Å². The Kier molecular flexibility index (Phi) is 4.15. The Morgan fingerprint density at radius 3 is 2.86 bits per heavy atom. The van der Waals surface area contributed by atoms with Crippen LogP contribution < -0.4 is 10.6 Å². The number of carbonyl (C=O) groups excluding carboxylic acids is 2. The lowest BCUT2D eigenvalue weighted by Crippen LogP contribution is -2.54. The second kappa shape index (κ2) is 6.08. The number of amides is 2. The van der Waals surface area contributed by atoms with Crippen LogP contribution in [-0.4, -0.2) is 52.7 Å². The van der Waals surface area contributed by atoms with Crippen LogP contribution in [0.5, 0.6) is 0 Å². The number of nitrogens with two attached hydrogens (primary N) is 1. The van der Waals surface area contributed by atoms with E-state index < -0.39 is 0 Å². The summed E-state index contributed by atoms with van der Waals surface area (Å²) in [7, 11) is 1.82. The summed E-state index contributed by atoms with van der Waals surface area (Å²) in [5, 5.41) is 4.09. The summed E-state index contributed by atoms with van der Waals surface area (Å²) in [6.07, 6.45) is 6.48. The normalized spacial score (nSPS) is 25.8. The Morgan fingerprint density at radius 2 is 2.23 bits per heavy atom. The monoisotopic (exact) mass is 305 g/mol. The maximum Gasteiger partial charge on any atom is 0.246 e. The minimum absolute atomic E-state index is 0.00254. The van der Waals surface area contributed by atoms with Crippen molar-refractivity contribution in [2.45, 2.75) is 19.3 Å². The third-order valence-electron chi connectivity index (χ3n) is 4.81. The molecule has 2 amide bonds. The lowest BCUT2D eigenvalue weighted by atomic mass is 9.94. The first-order chi connectivity index (χ1) is 10.6. The fraction of sp³-hybridized carbons (Fsp3) is 0.667. The van der Waals surface area contributed by atoms with Crippen LogP contribution in [0.1, 0.15) is 19.3 Å². The van der Waals surface area contributed by atoms with Crippen molar-refractivity contribution in [2.75, 3.05) is 31.1 Å². The fourth-order valence-electron chi connectivity index (χ4n) is 3.56. The molecule has 1 aliphatic heterocycles. The third-order valence-corrected chi connectivity index (χ3v) is 4.81. The lowest BCUT2D eigenvalue weighted by Gasteiger charge is -2.35. The fourth-order valence-corrected chi connectivity index (χ4v) is 3.56. The lowest BCUT2D eigenvalue weighted by molar-refractivity contribution is -0.141. The standard InChI is InChI=1S/C15H23N5O2/c1-18-9-12(8-17-18)20-6-5-19(10-14(20)21)15(22)13-4-2-3-11(13)7-16/h8-9,11,13H,2-7,10,16H2,1H3/t11-,13-/m1/s1. The van der Waals surface area contributed by atoms with Gasteiger partial charge in [0.25, 0.3) is 0 Å². The van der Waals surface area contributed by atoms with E-state index in [1.54, 1.807) is 20.7 Å². The van der Waals surface area contributed by atoms with Gasteiger partial charge in [0, 0.05) is 32.3 Å². The molecule has 0 unspecified atom stereocenters. The summed E-state index contributed by atoms with van der Waals surface area (Å²) in [4.78, 5) is 28.4. The highest BCUT2D eigenvalue weighted by Crippen LogP contribution is 2.32. The number of hydrogen-bond acceptors (Lipinski definition) is 4. The van der Waals surface area contributed by atoms with E-state index in [9.17, 15) is 9.59 Å². The molecular weight excluding hydrogens is 282 g/mol. The average Bonchev–Trinajstić information content (AvgIpc) is 3.14. The first kappa shape index (κ1) is 15.0. The van der Waals surface area contributed by atoms with E-state index in [1.165, 1.54) is 0 Å². The SMILES string of the molecule is Cn1cc(N2CCN(C(=O)[C@@H]3CCC[C@@H]3CN)CC2=O)cn1. The van der Waals surface area contributed by atoms with E-state index in [-0.39, 0.29) is 30.2 Å². The molecule has 2 aliphatic rings. The predicted molar refractivity (Wildman–Crippen MR) is 82.0 cm³/mol. The van der Waals surface area contributed by atoms with Crippen molar-refractivity contribution in [1.29, 1.82) is 0 Å². The quantitative estimate of drug-likeness (QED) is 0.850. The molecule has 120 valence electrons. The van der Waals surface area contributed by atoms with Crippen molar-refractivity contribution in [3.8, 4) is 0 Å². The van der Waals surface area contributed by atoms with E-state index in [0.717, 1.165) is 24.9 Å². The van der Waals surface area contributed by atoms with E-state index >= 15 is 0 Å². The molecule has 2 fully saturated rings. The molecule has 1 saturated heterocycles. The summed E-state index contributed by atoms with van der Waals surface area (Å²) in [6.45, 7) is 1.81. The van der Waals surface area contributed by atoms with Crippen molar-refractivity contribution in [1.82, 2.24) is 14.7 Å². The third kappa shape index (κ3) is 2.72. The molecule has 7 heteroatoms. The van der Waals surface area contributed by atoms with Crippen LogP contribution in [0, 0.1) is 11.8 Å². The Balaban J connectivity index is 1.65. The molecule has 2 atom stereocenters. The number of anilines is 1. The number of nitrogens with zero attached hydrogens (tertiary/aromatic N) is 4. The molecule has 0 radical (unpaired) electrons. The Labute approximate surface area is 130 Å². The molecule has 22 heavy (non-hydrogen) atoms. The van der Waals surface area contributed by atoms with Gasteiger partial charge in [0.15, 0.2) is 0 Å². The highest BCUT2D eigenvalue weighted by Gasteiger charge is 2.37. The molecule has 2 N–H and O–H groups in total. The summed E-state index contributed by atoms with van der Waals surface area (Å²) in [5.41, 5.74) is 6.56. The van der Waals surface area contributed by atoms with Gasteiger partial charge in [-0.1, -0.05) is 6.42 Å². The van der Waals surface area contributed by atoms with Gasteiger partial charge in [-0.15, -0.1) is 0 Å². The van der Waals surface area contributed by atoms with Crippen molar-refractivity contribution in [2.24, 2.45) is 24.6 Å². The molecule has 1 saturated carbocycles.